The van der Waals surface area contributed by atoms with Gasteiger partial charge in [-0.25, -0.2) is 0 Å². The Morgan fingerprint density at radius 2 is 1.63 bits per heavy atom. The highest BCUT2D eigenvalue weighted by Crippen LogP contribution is 2.02. The van der Waals surface area contributed by atoms with Gasteiger partial charge in [-0.2, -0.15) is 0 Å². The second-order valence-electron chi connectivity index (χ2n) is 3.97. The largest absolute Gasteiger partial charge is 0.467 e. The number of furan rings is 1. The van der Waals surface area contributed by atoms with E-state index in [0.29, 0.717) is 0 Å². The van der Waals surface area contributed by atoms with Crippen LogP contribution in [0.4, 0.5) is 0 Å². The first-order chi connectivity index (χ1) is 8.83. The van der Waals surface area contributed by atoms with Crippen molar-refractivity contribution in [1.29, 1.82) is 0 Å². The van der Waals surface area contributed by atoms with Crippen LogP contribution in [0.1, 0.15) is 11.5 Å². The van der Waals surface area contributed by atoms with Crippen LogP contribution in [0.25, 0.3) is 0 Å². The van der Waals surface area contributed by atoms with Gasteiger partial charge in [-0.1, -0.05) is 0 Å². The van der Waals surface area contributed by atoms with Crippen molar-refractivity contribution in [2.75, 3.05) is 13.2 Å². The summed E-state index contributed by atoms with van der Waals surface area (Å²) in [5.74, 6) is 0.963. The third-order valence-corrected chi connectivity index (χ3v) is 2.27. The van der Waals surface area contributed by atoms with E-state index in [9.17, 15) is 4.79 Å². The van der Waals surface area contributed by atoms with Crippen LogP contribution < -0.4 is 0 Å². The van der Waals surface area contributed by atoms with E-state index in [-0.39, 0.29) is 0 Å². The summed E-state index contributed by atoms with van der Waals surface area (Å²) in [7, 11) is 0. The number of aliphatic hydroxyl groups is 5. The third kappa shape index (κ3) is 6.46. The molecule has 19 heavy (non-hydrogen) atoms. The first kappa shape index (κ1) is 17.8. The molecule has 0 bridgehead atoms. The van der Waals surface area contributed by atoms with Crippen molar-refractivity contribution in [3.63, 3.8) is 0 Å². The minimum absolute atomic E-state index is 0.767. The van der Waals surface area contributed by atoms with E-state index in [1.54, 1.807) is 0 Å². The van der Waals surface area contributed by atoms with Crippen molar-refractivity contribution in [1.82, 2.24) is 0 Å². The Labute approximate surface area is 110 Å². The zero-order valence-corrected chi connectivity index (χ0v) is 10.9. The minimum atomic E-state index is -1.86. The monoisotopic (exact) mass is 276 g/mol. The lowest BCUT2D eigenvalue weighted by Crippen LogP contribution is -2.44. The predicted molar refractivity (Wildman–Crippen MR) is 65.4 cm³/mol. The summed E-state index contributed by atoms with van der Waals surface area (Å²) in [5.41, 5.74) is 0. The van der Waals surface area contributed by atoms with Crippen LogP contribution in [-0.4, -0.2) is 62.8 Å². The molecule has 0 aliphatic heterocycles. The van der Waals surface area contributed by atoms with Crippen LogP contribution in [0.15, 0.2) is 16.5 Å². The Morgan fingerprint density at radius 1 is 1.16 bits per heavy atom. The number of rotatable bonds is 5. The minimum Gasteiger partial charge on any atom is -0.467 e. The van der Waals surface area contributed by atoms with Crippen LogP contribution in [0, 0.1) is 13.8 Å². The second kappa shape index (κ2) is 8.78. The lowest BCUT2D eigenvalue weighted by atomic mass is 10.1. The molecular formula is C12H20O7. The molecule has 5 N–H and O–H groups in total. The molecule has 0 aromatic carbocycles. The summed E-state index contributed by atoms with van der Waals surface area (Å²) >= 11 is 0. The van der Waals surface area contributed by atoms with Gasteiger partial charge in [0.1, 0.15) is 36.4 Å². The van der Waals surface area contributed by atoms with Crippen LogP contribution in [0.3, 0.4) is 0 Å². The number of hydrogen-bond donors (Lipinski definition) is 5. The quantitative estimate of drug-likeness (QED) is 0.443. The number of hydrogen-bond acceptors (Lipinski definition) is 7. The van der Waals surface area contributed by atoms with E-state index >= 15 is 0 Å². The predicted octanol–water partition coefficient (Wildman–Crippen LogP) is -1.48. The number of aliphatic hydroxyl groups excluding tert-OH is 5. The van der Waals surface area contributed by atoms with Crippen molar-refractivity contribution in [2.24, 2.45) is 0 Å². The molecule has 0 aliphatic rings. The SMILES string of the molecule is Cc1ccc(C)o1.O=C(CO)C(O)C(O)C(O)CO. The molecule has 0 saturated heterocycles. The summed E-state index contributed by atoms with van der Waals surface area (Å²) in [4.78, 5) is 10.5. The summed E-state index contributed by atoms with van der Waals surface area (Å²) in [5, 5.41) is 43.1. The van der Waals surface area contributed by atoms with Crippen molar-refractivity contribution < 1.29 is 34.7 Å². The molecule has 110 valence electrons. The molecule has 1 aromatic rings. The fourth-order valence-corrected chi connectivity index (χ4v) is 1.16. The molecule has 7 heteroatoms. The number of carbonyl (C=O) groups is 1. The zero-order chi connectivity index (χ0) is 15.0. The fraction of sp³-hybridized carbons (Fsp3) is 0.583. The Balaban J connectivity index is 0.000000388. The molecule has 7 nitrogen and oxygen atoms in total. The topological polar surface area (TPSA) is 131 Å². The van der Waals surface area contributed by atoms with E-state index < -0.39 is 37.3 Å². The number of Topliss-reactive ketones (excluding diaryl/α,β-unsaturated/α-hetero) is 1. The van der Waals surface area contributed by atoms with Crippen LogP contribution in [0.2, 0.25) is 0 Å². The van der Waals surface area contributed by atoms with E-state index in [2.05, 4.69) is 0 Å². The van der Waals surface area contributed by atoms with Gasteiger partial charge in [0.25, 0.3) is 0 Å². The van der Waals surface area contributed by atoms with Crippen molar-refractivity contribution >= 4 is 5.78 Å². The van der Waals surface area contributed by atoms with E-state index in [4.69, 9.17) is 29.9 Å². The second-order valence-corrected chi connectivity index (χ2v) is 3.97. The maximum Gasteiger partial charge on any atom is 0.189 e. The standard InChI is InChI=1S/C6H12O6.C6H8O/c7-1-3(9)5(11)6(12)4(10)2-8;1-5-3-4-6(2)7-5/h3,5-9,11-12H,1-2H2;3-4H,1-2H3. The molecule has 0 radical (unpaired) electrons. The van der Waals surface area contributed by atoms with E-state index in [0.717, 1.165) is 11.5 Å². The molecule has 0 fully saturated rings. The van der Waals surface area contributed by atoms with Gasteiger partial charge in [0.2, 0.25) is 0 Å². The van der Waals surface area contributed by atoms with Gasteiger partial charge in [-0.3, -0.25) is 4.79 Å². The van der Waals surface area contributed by atoms with Gasteiger partial charge in [0.15, 0.2) is 5.78 Å². The van der Waals surface area contributed by atoms with E-state index in [1.807, 2.05) is 26.0 Å². The molecule has 0 aliphatic carbocycles. The van der Waals surface area contributed by atoms with Gasteiger partial charge in [0, 0.05) is 0 Å². The molecule has 3 unspecified atom stereocenters. The highest BCUT2D eigenvalue weighted by molar-refractivity contribution is 5.84. The van der Waals surface area contributed by atoms with Crippen LogP contribution in [0.5, 0.6) is 0 Å². The van der Waals surface area contributed by atoms with Gasteiger partial charge < -0.3 is 29.9 Å². The molecule has 0 saturated carbocycles. The molecular weight excluding hydrogens is 256 g/mol. The fourth-order valence-electron chi connectivity index (χ4n) is 1.16. The molecule has 1 heterocycles. The molecule has 1 aromatic heterocycles. The Morgan fingerprint density at radius 3 is 1.89 bits per heavy atom. The molecule has 0 spiro atoms. The number of aryl methyl sites for hydroxylation is 2. The Bertz CT molecular complexity index is 357. The van der Waals surface area contributed by atoms with E-state index in [1.165, 1.54) is 0 Å². The number of carbonyl (C=O) groups excluding carboxylic acids is 1. The summed E-state index contributed by atoms with van der Waals surface area (Å²) < 4.78 is 5.08. The highest BCUT2D eigenvalue weighted by atomic mass is 16.4. The van der Waals surface area contributed by atoms with Gasteiger partial charge in [0.05, 0.1) is 6.61 Å². The average Bonchev–Trinajstić information content (AvgIpc) is 2.79. The summed E-state index contributed by atoms with van der Waals surface area (Å²) in [6.45, 7) is 2.19. The van der Waals surface area contributed by atoms with Crippen molar-refractivity contribution in [2.45, 2.75) is 32.2 Å². The van der Waals surface area contributed by atoms with Crippen LogP contribution >= 0.6 is 0 Å². The highest BCUT2D eigenvalue weighted by Gasteiger charge is 2.28. The first-order valence-corrected chi connectivity index (χ1v) is 5.65. The smallest absolute Gasteiger partial charge is 0.189 e. The van der Waals surface area contributed by atoms with Crippen molar-refractivity contribution in [3.8, 4) is 0 Å². The van der Waals surface area contributed by atoms with Gasteiger partial charge in [-0.15, -0.1) is 0 Å². The Hall–Kier alpha value is -1.25. The van der Waals surface area contributed by atoms with Crippen molar-refractivity contribution in [3.05, 3.63) is 23.7 Å². The summed E-state index contributed by atoms with van der Waals surface area (Å²) in [6, 6.07) is 3.91. The zero-order valence-electron chi connectivity index (χ0n) is 10.9. The molecule has 0 amide bonds. The van der Waals surface area contributed by atoms with Gasteiger partial charge >= 0.3 is 0 Å². The van der Waals surface area contributed by atoms with Crippen LogP contribution in [-0.2, 0) is 4.79 Å². The van der Waals surface area contributed by atoms with Gasteiger partial charge in [-0.05, 0) is 26.0 Å². The summed E-state index contributed by atoms with van der Waals surface area (Å²) in [6.07, 6.45) is -5.22. The molecule has 1 rings (SSSR count). The lowest BCUT2D eigenvalue weighted by molar-refractivity contribution is -0.142. The average molecular weight is 276 g/mol. The maximum atomic E-state index is 10.5. The molecule has 3 atom stereocenters. The lowest BCUT2D eigenvalue weighted by Gasteiger charge is -2.19. The normalized spacial score (nSPS) is 15.1. The first-order valence-electron chi connectivity index (χ1n) is 5.65. The number of ketones is 1. The maximum absolute atomic E-state index is 10.5. The Kier molecular flexibility index (Phi) is 8.21. The third-order valence-electron chi connectivity index (χ3n) is 2.27.